The van der Waals surface area contributed by atoms with Gasteiger partial charge in [0.1, 0.15) is 6.04 Å². The van der Waals surface area contributed by atoms with Crippen molar-refractivity contribution in [3.05, 3.63) is 69.7 Å². The normalized spacial score (nSPS) is 14.9. The van der Waals surface area contributed by atoms with Crippen LogP contribution in [0.2, 0.25) is 5.02 Å². The summed E-state index contributed by atoms with van der Waals surface area (Å²) in [6.45, 7) is 6.39. The molecule has 1 N–H and O–H groups in total. The third-order valence-electron chi connectivity index (χ3n) is 5.91. The lowest BCUT2D eigenvalue weighted by molar-refractivity contribution is -0.138. The van der Waals surface area contributed by atoms with E-state index in [1.165, 1.54) is 16.7 Å². The van der Waals surface area contributed by atoms with Crippen molar-refractivity contribution in [2.24, 2.45) is 0 Å². The summed E-state index contributed by atoms with van der Waals surface area (Å²) in [6, 6.07) is 13.6. The molecule has 2 aromatic carbocycles. The van der Waals surface area contributed by atoms with E-state index in [0.29, 0.717) is 17.3 Å². The molecular weight excluding hydrogens is 440 g/mol. The third kappa shape index (κ3) is 7.28. The maximum Gasteiger partial charge on any atom is 0.242 e. The Morgan fingerprint density at radius 3 is 2.31 bits per heavy atom. The number of carbonyl (C=O) groups excluding carboxylic acids is 2. The average molecular weight is 473 g/mol. The fourth-order valence-electron chi connectivity index (χ4n) is 4.25. The molecule has 0 heterocycles. The molecule has 2 amide bonds. The van der Waals surface area contributed by atoms with E-state index in [1.54, 1.807) is 16.7 Å². The van der Waals surface area contributed by atoms with Gasteiger partial charge in [0.15, 0.2) is 0 Å². The minimum atomic E-state index is -0.527. The molecule has 0 aromatic heterocycles. The first kappa shape index (κ1) is 24.7. The maximum absolute atomic E-state index is 13.2. The fraction of sp³-hybridized carbons (Fsp3) is 0.462. The molecule has 0 saturated heterocycles. The van der Waals surface area contributed by atoms with Gasteiger partial charge >= 0.3 is 0 Å². The molecule has 1 fully saturated rings. The number of carbonyl (C=O) groups is 2. The number of amides is 2. The standard InChI is InChI=1S/C26H33ClN2O2S/c1-18-12-19(2)14-22(13-18)16-32-17-25(30)29(15-21-8-10-23(27)11-9-21)20(3)26(31)28-24-6-4-5-7-24/h8-14,20,24H,4-7,15-17H2,1-3H3,(H,28,31)/t20-/m0/s1. The van der Waals surface area contributed by atoms with Crippen LogP contribution in [0.25, 0.3) is 0 Å². The second-order valence-corrected chi connectivity index (χ2v) is 10.2. The highest BCUT2D eigenvalue weighted by atomic mass is 35.5. The summed E-state index contributed by atoms with van der Waals surface area (Å²) in [7, 11) is 0. The number of hydrogen-bond donors (Lipinski definition) is 1. The van der Waals surface area contributed by atoms with E-state index in [1.807, 2.05) is 31.2 Å². The molecule has 1 atom stereocenters. The second-order valence-electron chi connectivity index (χ2n) is 8.80. The van der Waals surface area contributed by atoms with Gasteiger partial charge in [-0.15, -0.1) is 11.8 Å². The number of aryl methyl sites for hydroxylation is 2. The molecule has 0 aliphatic heterocycles. The van der Waals surface area contributed by atoms with Crippen molar-refractivity contribution in [1.82, 2.24) is 10.2 Å². The Morgan fingerprint density at radius 2 is 1.69 bits per heavy atom. The van der Waals surface area contributed by atoms with Gasteiger partial charge in [-0.1, -0.05) is 65.9 Å². The number of halogens is 1. The minimum Gasteiger partial charge on any atom is -0.352 e. The highest BCUT2D eigenvalue weighted by molar-refractivity contribution is 7.99. The van der Waals surface area contributed by atoms with Crippen molar-refractivity contribution < 1.29 is 9.59 Å². The van der Waals surface area contributed by atoms with E-state index in [0.717, 1.165) is 37.0 Å². The molecular formula is C26H33ClN2O2S. The molecule has 0 spiro atoms. The lowest BCUT2D eigenvalue weighted by Crippen LogP contribution is -2.50. The summed E-state index contributed by atoms with van der Waals surface area (Å²) < 4.78 is 0. The Balaban J connectivity index is 1.65. The first-order valence-corrected chi connectivity index (χ1v) is 12.8. The number of rotatable bonds is 9. The van der Waals surface area contributed by atoms with Crippen molar-refractivity contribution in [1.29, 1.82) is 0 Å². The van der Waals surface area contributed by atoms with Crippen molar-refractivity contribution in [3.8, 4) is 0 Å². The van der Waals surface area contributed by atoms with E-state index in [2.05, 4.69) is 37.4 Å². The van der Waals surface area contributed by atoms with Gasteiger partial charge in [-0.2, -0.15) is 0 Å². The van der Waals surface area contributed by atoms with Gasteiger partial charge in [0.2, 0.25) is 11.8 Å². The topological polar surface area (TPSA) is 49.4 Å². The average Bonchev–Trinajstić information content (AvgIpc) is 3.25. The molecule has 4 nitrogen and oxygen atoms in total. The SMILES string of the molecule is Cc1cc(C)cc(CSCC(=O)N(Cc2ccc(Cl)cc2)[C@@H](C)C(=O)NC2CCCC2)c1. The quantitative estimate of drug-likeness (QED) is 0.511. The fourth-order valence-corrected chi connectivity index (χ4v) is 5.22. The van der Waals surface area contributed by atoms with Gasteiger partial charge < -0.3 is 10.2 Å². The van der Waals surface area contributed by atoms with E-state index >= 15 is 0 Å². The lowest BCUT2D eigenvalue weighted by atomic mass is 10.1. The van der Waals surface area contributed by atoms with Gasteiger partial charge in [0.25, 0.3) is 0 Å². The van der Waals surface area contributed by atoms with Crippen LogP contribution in [0.5, 0.6) is 0 Å². The molecule has 0 bridgehead atoms. The van der Waals surface area contributed by atoms with Crippen molar-refractivity contribution in [3.63, 3.8) is 0 Å². The summed E-state index contributed by atoms with van der Waals surface area (Å²) in [6.07, 6.45) is 4.36. The van der Waals surface area contributed by atoms with E-state index < -0.39 is 6.04 Å². The van der Waals surface area contributed by atoms with Crippen LogP contribution < -0.4 is 5.32 Å². The molecule has 172 valence electrons. The van der Waals surface area contributed by atoms with Crippen molar-refractivity contribution >= 4 is 35.2 Å². The molecule has 1 saturated carbocycles. The summed E-state index contributed by atoms with van der Waals surface area (Å²) in [5.74, 6) is 1.01. The predicted molar refractivity (Wildman–Crippen MR) is 134 cm³/mol. The molecule has 32 heavy (non-hydrogen) atoms. The van der Waals surface area contributed by atoms with Crippen molar-refractivity contribution in [2.75, 3.05) is 5.75 Å². The molecule has 6 heteroatoms. The number of nitrogens with zero attached hydrogens (tertiary/aromatic N) is 1. The molecule has 3 rings (SSSR count). The Labute approximate surface area is 201 Å². The highest BCUT2D eigenvalue weighted by Gasteiger charge is 2.28. The molecule has 0 radical (unpaired) electrons. The zero-order chi connectivity index (χ0) is 23.1. The monoisotopic (exact) mass is 472 g/mol. The van der Waals surface area contributed by atoms with Crippen LogP contribution in [0.3, 0.4) is 0 Å². The van der Waals surface area contributed by atoms with E-state index in [-0.39, 0.29) is 17.9 Å². The van der Waals surface area contributed by atoms with Crippen LogP contribution >= 0.6 is 23.4 Å². The predicted octanol–water partition coefficient (Wildman–Crippen LogP) is 5.67. The minimum absolute atomic E-state index is 0.0246. The first-order valence-electron chi connectivity index (χ1n) is 11.3. The van der Waals surface area contributed by atoms with Crippen LogP contribution in [0.15, 0.2) is 42.5 Å². The molecule has 0 unspecified atom stereocenters. The Bertz CT molecular complexity index is 906. The largest absolute Gasteiger partial charge is 0.352 e. The zero-order valence-electron chi connectivity index (χ0n) is 19.2. The Hall–Kier alpha value is -1.98. The summed E-state index contributed by atoms with van der Waals surface area (Å²) in [4.78, 5) is 27.8. The van der Waals surface area contributed by atoms with Crippen LogP contribution in [-0.2, 0) is 21.9 Å². The van der Waals surface area contributed by atoms with Gasteiger partial charge in [-0.3, -0.25) is 9.59 Å². The summed E-state index contributed by atoms with van der Waals surface area (Å²) in [5, 5.41) is 3.80. The summed E-state index contributed by atoms with van der Waals surface area (Å²) in [5.41, 5.74) is 4.64. The van der Waals surface area contributed by atoms with E-state index in [9.17, 15) is 9.59 Å². The van der Waals surface area contributed by atoms with Crippen LogP contribution in [-0.4, -0.2) is 34.6 Å². The van der Waals surface area contributed by atoms with Gasteiger partial charge in [-0.25, -0.2) is 0 Å². The third-order valence-corrected chi connectivity index (χ3v) is 7.15. The van der Waals surface area contributed by atoms with Crippen molar-refractivity contribution in [2.45, 2.75) is 70.8 Å². The zero-order valence-corrected chi connectivity index (χ0v) is 20.8. The number of benzene rings is 2. The second kappa shape index (κ2) is 11.8. The highest BCUT2D eigenvalue weighted by Crippen LogP contribution is 2.20. The smallest absolute Gasteiger partial charge is 0.242 e. The molecule has 2 aromatic rings. The lowest BCUT2D eigenvalue weighted by Gasteiger charge is -2.29. The maximum atomic E-state index is 13.2. The van der Waals surface area contributed by atoms with Crippen LogP contribution in [0.1, 0.15) is 54.9 Å². The number of thioether (sulfide) groups is 1. The van der Waals surface area contributed by atoms with Crippen LogP contribution in [0, 0.1) is 13.8 Å². The van der Waals surface area contributed by atoms with Crippen LogP contribution in [0.4, 0.5) is 0 Å². The Morgan fingerprint density at radius 1 is 1.06 bits per heavy atom. The van der Waals surface area contributed by atoms with Gasteiger partial charge in [0, 0.05) is 23.4 Å². The number of hydrogen-bond acceptors (Lipinski definition) is 3. The first-order chi connectivity index (χ1) is 15.3. The Kier molecular flexibility index (Phi) is 9.06. The summed E-state index contributed by atoms with van der Waals surface area (Å²) >= 11 is 7.61. The molecule has 1 aliphatic rings. The number of nitrogens with one attached hydrogen (secondary N) is 1. The van der Waals surface area contributed by atoms with Gasteiger partial charge in [0.05, 0.1) is 5.75 Å². The van der Waals surface area contributed by atoms with E-state index in [4.69, 9.17) is 11.6 Å². The molecule has 1 aliphatic carbocycles. The van der Waals surface area contributed by atoms with Gasteiger partial charge in [-0.05, 0) is 56.9 Å².